The normalized spacial score (nSPS) is 14.2. The molecule has 0 spiro atoms. The molecule has 0 aliphatic carbocycles. The highest BCUT2D eigenvalue weighted by atomic mass is 32.2. The molecule has 1 saturated heterocycles. The zero-order chi connectivity index (χ0) is 22.6. The van der Waals surface area contributed by atoms with Crippen LogP contribution >= 0.6 is 0 Å². The molecule has 1 heterocycles. The lowest BCUT2D eigenvalue weighted by molar-refractivity contribution is -0.383. The molecule has 2 aromatic carbocycles. The number of carbonyl (C=O) groups excluding carboxylic acids is 2. The molecule has 164 valence electrons. The largest absolute Gasteiger partial charge is 0.452 e. The van der Waals surface area contributed by atoms with Crippen LogP contribution < -0.4 is 11.1 Å². The minimum atomic E-state index is -3.55. The number of carbonyl (C=O) groups is 2. The first-order chi connectivity index (χ1) is 14.7. The van der Waals surface area contributed by atoms with E-state index in [2.05, 4.69) is 5.32 Å². The number of hydrogen-bond donors (Lipinski definition) is 2. The molecule has 11 nitrogen and oxygen atoms in total. The second kappa shape index (κ2) is 9.10. The van der Waals surface area contributed by atoms with Crippen LogP contribution in [-0.2, 0) is 19.6 Å². The Kier molecular flexibility index (Phi) is 6.51. The molecule has 0 aromatic heterocycles. The number of amides is 1. The summed E-state index contributed by atoms with van der Waals surface area (Å²) in [6.45, 7) is 0.345. The minimum absolute atomic E-state index is 0.102. The molecule has 0 saturated carbocycles. The van der Waals surface area contributed by atoms with E-state index in [0.717, 1.165) is 18.9 Å². The average molecular weight is 448 g/mol. The molecule has 1 amide bonds. The molecule has 1 aliphatic heterocycles. The highest BCUT2D eigenvalue weighted by Crippen LogP contribution is 2.23. The summed E-state index contributed by atoms with van der Waals surface area (Å²) in [5.41, 5.74) is 5.13. The van der Waals surface area contributed by atoms with Crippen molar-refractivity contribution in [1.82, 2.24) is 4.31 Å². The predicted molar refractivity (Wildman–Crippen MR) is 111 cm³/mol. The molecule has 31 heavy (non-hydrogen) atoms. The molecule has 0 unspecified atom stereocenters. The number of nitrogens with one attached hydrogen (secondary N) is 1. The highest BCUT2D eigenvalue weighted by Gasteiger charge is 2.27. The molecule has 1 aliphatic rings. The fourth-order valence-corrected chi connectivity index (χ4v) is 4.55. The van der Waals surface area contributed by atoms with Gasteiger partial charge < -0.3 is 15.8 Å². The standard InChI is InChI=1S/C19H20N4O7S/c20-16-8-3-13(11-17(16)23(26)27)19(25)30-12-18(24)21-14-4-6-15(7-5-14)31(28,29)22-9-1-2-10-22/h3-8,11H,1-2,9-10,12,20H2,(H,21,24). The fraction of sp³-hybridized carbons (Fsp3) is 0.263. The van der Waals surface area contributed by atoms with E-state index in [-0.39, 0.29) is 16.1 Å². The maximum absolute atomic E-state index is 12.5. The van der Waals surface area contributed by atoms with Gasteiger partial charge in [-0.3, -0.25) is 14.9 Å². The molecule has 0 atom stereocenters. The molecule has 2 aromatic rings. The summed E-state index contributed by atoms with van der Waals surface area (Å²) in [6, 6.07) is 9.08. The van der Waals surface area contributed by atoms with E-state index in [9.17, 15) is 28.1 Å². The van der Waals surface area contributed by atoms with Crippen molar-refractivity contribution in [2.45, 2.75) is 17.7 Å². The first-order valence-electron chi connectivity index (χ1n) is 9.29. The topological polar surface area (TPSA) is 162 Å². The number of nitro benzene ring substituents is 1. The Hall–Kier alpha value is -3.51. The van der Waals surface area contributed by atoms with Gasteiger partial charge in [-0.25, -0.2) is 13.2 Å². The third kappa shape index (κ3) is 5.16. The number of ether oxygens (including phenoxy) is 1. The second-order valence-electron chi connectivity index (χ2n) is 6.79. The number of rotatable bonds is 7. The van der Waals surface area contributed by atoms with E-state index in [1.807, 2.05) is 0 Å². The van der Waals surface area contributed by atoms with Crippen LogP contribution in [0.5, 0.6) is 0 Å². The average Bonchev–Trinajstić information content (AvgIpc) is 3.28. The minimum Gasteiger partial charge on any atom is -0.452 e. The number of anilines is 2. The molecule has 3 rings (SSSR count). The van der Waals surface area contributed by atoms with Crippen molar-refractivity contribution >= 4 is 39.0 Å². The summed E-state index contributed by atoms with van der Waals surface area (Å²) in [7, 11) is -3.55. The van der Waals surface area contributed by atoms with Gasteiger partial charge in [-0.2, -0.15) is 4.31 Å². The molecule has 12 heteroatoms. The Morgan fingerprint density at radius 1 is 1.13 bits per heavy atom. The van der Waals surface area contributed by atoms with Crippen molar-refractivity contribution in [3.63, 3.8) is 0 Å². The molecular formula is C19H20N4O7S. The van der Waals surface area contributed by atoms with E-state index >= 15 is 0 Å². The Balaban J connectivity index is 1.57. The zero-order valence-corrected chi connectivity index (χ0v) is 17.1. The summed E-state index contributed by atoms with van der Waals surface area (Å²) >= 11 is 0. The summed E-state index contributed by atoms with van der Waals surface area (Å²) in [6.07, 6.45) is 1.66. The van der Waals surface area contributed by atoms with Gasteiger partial charge in [0, 0.05) is 24.8 Å². The smallest absolute Gasteiger partial charge is 0.338 e. The number of nitrogens with two attached hydrogens (primary N) is 1. The van der Waals surface area contributed by atoms with E-state index in [1.54, 1.807) is 0 Å². The first kappa shape index (κ1) is 22.2. The van der Waals surface area contributed by atoms with Gasteiger partial charge >= 0.3 is 5.97 Å². The number of hydrogen-bond acceptors (Lipinski definition) is 8. The van der Waals surface area contributed by atoms with Crippen LogP contribution in [0.25, 0.3) is 0 Å². The van der Waals surface area contributed by atoms with Crippen LogP contribution in [0.1, 0.15) is 23.2 Å². The summed E-state index contributed by atoms with van der Waals surface area (Å²) in [5.74, 6) is -1.58. The van der Waals surface area contributed by atoms with Crippen LogP contribution in [0.2, 0.25) is 0 Å². The molecule has 0 bridgehead atoms. The van der Waals surface area contributed by atoms with Crippen LogP contribution in [0, 0.1) is 10.1 Å². The quantitative estimate of drug-likeness (QED) is 0.280. The Labute approximate surface area is 178 Å². The maximum atomic E-state index is 12.5. The monoisotopic (exact) mass is 448 g/mol. The van der Waals surface area contributed by atoms with Crippen LogP contribution in [0.3, 0.4) is 0 Å². The summed E-state index contributed by atoms with van der Waals surface area (Å²) < 4.78 is 31.3. The number of sulfonamides is 1. The van der Waals surface area contributed by atoms with Crippen molar-refractivity contribution < 1.29 is 27.7 Å². The van der Waals surface area contributed by atoms with Crippen molar-refractivity contribution in [2.24, 2.45) is 0 Å². The lowest BCUT2D eigenvalue weighted by Crippen LogP contribution is -2.27. The SMILES string of the molecule is Nc1ccc(C(=O)OCC(=O)Nc2ccc(S(=O)(=O)N3CCCC3)cc2)cc1[N+](=O)[O-]. The number of benzene rings is 2. The number of nitro groups is 1. The van der Waals surface area contributed by atoms with E-state index in [4.69, 9.17) is 10.5 Å². The zero-order valence-electron chi connectivity index (χ0n) is 16.3. The Morgan fingerprint density at radius 2 is 1.77 bits per heavy atom. The lowest BCUT2D eigenvalue weighted by atomic mass is 10.2. The third-order valence-corrected chi connectivity index (χ3v) is 6.55. The van der Waals surface area contributed by atoms with Crippen LogP contribution in [0.4, 0.5) is 17.1 Å². The molecule has 1 fully saturated rings. The molecule has 3 N–H and O–H groups in total. The first-order valence-corrected chi connectivity index (χ1v) is 10.7. The van der Waals surface area contributed by atoms with Crippen LogP contribution in [-0.4, -0.2) is 49.2 Å². The van der Waals surface area contributed by atoms with Gasteiger partial charge in [0.05, 0.1) is 15.4 Å². The van der Waals surface area contributed by atoms with E-state index in [0.29, 0.717) is 18.8 Å². The van der Waals surface area contributed by atoms with Crippen molar-refractivity contribution in [3.8, 4) is 0 Å². The van der Waals surface area contributed by atoms with E-state index in [1.165, 1.54) is 40.7 Å². The maximum Gasteiger partial charge on any atom is 0.338 e. The number of esters is 1. The molecular weight excluding hydrogens is 428 g/mol. The summed E-state index contributed by atoms with van der Waals surface area (Å²) in [4.78, 5) is 34.4. The number of nitrogen functional groups attached to an aromatic ring is 1. The van der Waals surface area contributed by atoms with Gasteiger partial charge in [0.1, 0.15) is 5.69 Å². The van der Waals surface area contributed by atoms with Crippen LogP contribution in [0.15, 0.2) is 47.4 Å². The fourth-order valence-electron chi connectivity index (χ4n) is 3.03. The Morgan fingerprint density at radius 3 is 2.39 bits per heavy atom. The lowest BCUT2D eigenvalue weighted by Gasteiger charge is -2.15. The van der Waals surface area contributed by atoms with Crippen molar-refractivity contribution in [2.75, 3.05) is 30.7 Å². The van der Waals surface area contributed by atoms with Gasteiger partial charge in [0.2, 0.25) is 10.0 Å². The Bertz CT molecular complexity index is 1110. The third-order valence-electron chi connectivity index (χ3n) is 4.64. The van der Waals surface area contributed by atoms with E-state index < -0.39 is 39.1 Å². The van der Waals surface area contributed by atoms with Gasteiger partial charge in [0.25, 0.3) is 11.6 Å². The predicted octanol–water partition coefficient (Wildman–Crippen LogP) is 1.76. The van der Waals surface area contributed by atoms with Gasteiger partial charge in [-0.05, 0) is 49.2 Å². The summed E-state index contributed by atoms with van der Waals surface area (Å²) in [5, 5.41) is 13.4. The van der Waals surface area contributed by atoms with Gasteiger partial charge in [-0.1, -0.05) is 0 Å². The van der Waals surface area contributed by atoms with Gasteiger partial charge in [0.15, 0.2) is 6.61 Å². The van der Waals surface area contributed by atoms with Gasteiger partial charge in [-0.15, -0.1) is 0 Å². The highest BCUT2D eigenvalue weighted by molar-refractivity contribution is 7.89. The second-order valence-corrected chi connectivity index (χ2v) is 8.73. The van der Waals surface area contributed by atoms with Crippen molar-refractivity contribution in [1.29, 1.82) is 0 Å². The number of nitrogens with zero attached hydrogens (tertiary/aromatic N) is 2. The van der Waals surface area contributed by atoms with Crippen molar-refractivity contribution in [3.05, 3.63) is 58.1 Å². The molecule has 0 radical (unpaired) electrons.